The molecule has 0 bridgehead atoms. The fourth-order valence-corrected chi connectivity index (χ4v) is 2.67. The van der Waals surface area contributed by atoms with Gasteiger partial charge >= 0.3 is 5.97 Å². The molecule has 1 heterocycles. The molecule has 2 N–H and O–H groups in total. The second-order valence-corrected chi connectivity index (χ2v) is 5.99. The SMILES string of the molecule is COc1ccc(C)cc1NC(=O)[C@H](C)OC(=O)c1c[nH]c2ccccc12. The van der Waals surface area contributed by atoms with Crippen molar-refractivity contribution in [2.45, 2.75) is 20.0 Å². The van der Waals surface area contributed by atoms with E-state index in [9.17, 15) is 9.59 Å². The van der Waals surface area contributed by atoms with Crippen molar-refractivity contribution in [1.29, 1.82) is 0 Å². The number of para-hydroxylation sites is 1. The van der Waals surface area contributed by atoms with Crippen molar-refractivity contribution < 1.29 is 19.1 Å². The highest BCUT2D eigenvalue weighted by Gasteiger charge is 2.22. The molecule has 2 aromatic carbocycles. The number of aryl methyl sites for hydroxylation is 1. The van der Waals surface area contributed by atoms with Crippen molar-refractivity contribution in [3.63, 3.8) is 0 Å². The summed E-state index contributed by atoms with van der Waals surface area (Å²) in [6, 6.07) is 12.9. The number of carbonyl (C=O) groups excluding carboxylic acids is 2. The third kappa shape index (κ3) is 3.54. The molecule has 0 radical (unpaired) electrons. The van der Waals surface area contributed by atoms with Crippen molar-refractivity contribution in [3.05, 3.63) is 59.8 Å². The van der Waals surface area contributed by atoms with Crippen LogP contribution < -0.4 is 10.1 Å². The Labute approximate surface area is 151 Å². The number of aromatic nitrogens is 1. The second kappa shape index (κ2) is 7.31. The maximum atomic E-state index is 12.4. The lowest BCUT2D eigenvalue weighted by Crippen LogP contribution is -2.30. The number of ether oxygens (including phenoxy) is 2. The molecule has 134 valence electrons. The molecule has 1 atom stereocenters. The van der Waals surface area contributed by atoms with Gasteiger partial charge in [0.2, 0.25) is 0 Å². The van der Waals surface area contributed by atoms with Gasteiger partial charge in [-0.2, -0.15) is 0 Å². The number of aromatic amines is 1. The zero-order valence-electron chi connectivity index (χ0n) is 14.8. The van der Waals surface area contributed by atoms with Crippen molar-refractivity contribution in [2.24, 2.45) is 0 Å². The number of benzene rings is 2. The largest absolute Gasteiger partial charge is 0.495 e. The first-order valence-electron chi connectivity index (χ1n) is 8.22. The van der Waals surface area contributed by atoms with E-state index < -0.39 is 18.0 Å². The van der Waals surface area contributed by atoms with Crippen LogP contribution in [-0.2, 0) is 9.53 Å². The van der Waals surface area contributed by atoms with E-state index in [2.05, 4.69) is 10.3 Å². The van der Waals surface area contributed by atoms with Crippen molar-refractivity contribution >= 4 is 28.5 Å². The van der Waals surface area contributed by atoms with Gasteiger partial charge in [0.1, 0.15) is 5.75 Å². The number of esters is 1. The fourth-order valence-electron chi connectivity index (χ4n) is 2.67. The number of H-pyrrole nitrogens is 1. The van der Waals surface area contributed by atoms with Crippen LogP contribution in [0, 0.1) is 6.92 Å². The first-order valence-corrected chi connectivity index (χ1v) is 8.22. The highest BCUT2D eigenvalue weighted by molar-refractivity contribution is 6.05. The summed E-state index contributed by atoms with van der Waals surface area (Å²) in [5, 5.41) is 3.50. The fraction of sp³-hybridized carbons (Fsp3) is 0.200. The lowest BCUT2D eigenvalue weighted by atomic mass is 10.2. The van der Waals surface area contributed by atoms with Crippen molar-refractivity contribution in [2.75, 3.05) is 12.4 Å². The van der Waals surface area contributed by atoms with Gasteiger partial charge in [-0.3, -0.25) is 4.79 Å². The molecule has 0 saturated carbocycles. The average Bonchev–Trinajstić information content (AvgIpc) is 3.06. The van der Waals surface area contributed by atoms with E-state index in [1.165, 1.54) is 14.0 Å². The lowest BCUT2D eigenvalue weighted by Gasteiger charge is -2.15. The van der Waals surface area contributed by atoms with Crippen LogP contribution in [-0.4, -0.2) is 30.1 Å². The number of methoxy groups -OCH3 is 1. The van der Waals surface area contributed by atoms with Gasteiger partial charge in [0.15, 0.2) is 6.10 Å². The quantitative estimate of drug-likeness (QED) is 0.687. The van der Waals surface area contributed by atoms with Crippen molar-refractivity contribution in [1.82, 2.24) is 4.98 Å². The van der Waals surface area contributed by atoms with Gasteiger partial charge in [0.05, 0.1) is 18.4 Å². The van der Waals surface area contributed by atoms with E-state index >= 15 is 0 Å². The molecule has 1 amide bonds. The number of amides is 1. The number of hydrogen-bond donors (Lipinski definition) is 2. The molecule has 0 saturated heterocycles. The summed E-state index contributed by atoms with van der Waals surface area (Å²) in [6.45, 7) is 3.44. The van der Waals surface area contributed by atoms with Crippen LogP contribution >= 0.6 is 0 Å². The van der Waals surface area contributed by atoms with Gasteiger partial charge in [-0.05, 0) is 37.6 Å². The van der Waals surface area contributed by atoms with E-state index in [-0.39, 0.29) is 0 Å². The van der Waals surface area contributed by atoms with Crippen LogP contribution in [0.4, 0.5) is 5.69 Å². The summed E-state index contributed by atoms with van der Waals surface area (Å²) >= 11 is 0. The molecule has 0 aliphatic carbocycles. The number of carbonyl (C=O) groups is 2. The molecule has 26 heavy (non-hydrogen) atoms. The Balaban J connectivity index is 1.71. The Morgan fingerprint density at radius 3 is 2.69 bits per heavy atom. The highest BCUT2D eigenvalue weighted by Crippen LogP contribution is 2.25. The first-order chi connectivity index (χ1) is 12.5. The summed E-state index contributed by atoms with van der Waals surface area (Å²) in [6.07, 6.45) is 0.627. The molecular weight excluding hydrogens is 332 g/mol. The molecule has 0 unspecified atom stereocenters. The van der Waals surface area contributed by atoms with E-state index in [4.69, 9.17) is 9.47 Å². The molecule has 3 rings (SSSR count). The third-order valence-electron chi connectivity index (χ3n) is 4.08. The van der Waals surface area contributed by atoms with E-state index in [1.807, 2.05) is 37.3 Å². The standard InChI is InChI=1S/C20H20N2O4/c1-12-8-9-18(25-3)17(10-12)22-19(23)13(2)26-20(24)15-11-21-16-7-5-4-6-14(15)16/h4-11,13,21H,1-3H3,(H,22,23)/t13-/m0/s1. The molecule has 0 spiro atoms. The molecule has 6 nitrogen and oxygen atoms in total. The Morgan fingerprint density at radius 1 is 1.15 bits per heavy atom. The summed E-state index contributed by atoms with van der Waals surface area (Å²) < 4.78 is 10.6. The number of hydrogen-bond acceptors (Lipinski definition) is 4. The monoisotopic (exact) mass is 352 g/mol. The smallest absolute Gasteiger partial charge is 0.341 e. The predicted octanol–water partition coefficient (Wildman–Crippen LogP) is 3.67. The lowest BCUT2D eigenvalue weighted by molar-refractivity contribution is -0.123. The Bertz CT molecular complexity index is 961. The second-order valence-electron chi connectivity index (χ2n) is 5.99. The van der Waals surface area contributed by atoms with Crippen LogP contribution in [0.25, 0.3) is 10.9 Å². The van der Waals surface area contributed by atoms with Crippen LogP contribution in [0.3, 0.4) is 0 Å². The molecule has 0 aliphatic rings. The highest BCUT2D eigenvalue weighted by atomic mass is 16.5. The van der Waals surface area contributed by atoms with Gasteiger partial charge in [-0.25, -0.2) is 4.79 Å². The number of nitrogens with one attached hydrogen (secondary N) is 2. The zero-order valence-corrected chi connectivity index (χ0v) is 14.8. The summed E-state index contributed by atoms with van der Waals surface area (Å²) in [4.78, 5) is 27.8. The third-order valence-corrected chi connectivity index (χ3v) is 4.08. The van der Waals surface area contributed by atoms with Crippen LogP contribution in [0.15, 0.2) is 48.7 Å². The topological polar surface area (TPSA) is 80.4 Å². The minimum atomic E-state index is -0.957. The molecule has 1 aromatic heterocycles. The minimum Gasteiger partial charge on any atom is -0.495 e. The van der Waals surface area contributed by atoms with Crippen LogP contribution in [0.2, 0.25) is 0 Å². The van der Waals surface area contributed by atoms with Gasteiger partial charge < -0.3 is 19.8 Å². The average molecular weight is 352 g/mol. The van der Waals surface area contributed by atoms with E-state index in [0.717, 1.165) is 16.5 Å². The van der Waals surface area contributed by atoms with Crippen LogP contribution in [0.5, 0.6) is 5.75 Å². The van der Waals surface area contributed by atoms with E-state index in [0.29, 0.717) is 17.0 Å². The van der Waals surface area contributed by atoms with Gasteiger partial charge in [0.25, 0.3) is 5.91 Å². The molecular formula is C20H20N2O4. The van der Waals surface area contributed by atoms with Gasteiger partial charge in [-0.1, -0.05) is 24.3 Å². The Hall–Kier alpha value is -3.28. The zero-order chi connectivity index (χ0) is 18.7. The molecule has 0 fully saturated rings. The number of fused-ring (bicyclic) bond motifs is 1. The Kier molecular flexibility index (Phi) is 4.93. The maximum Gasteiger partial charge on any atom is 0.341 e. The summed E-state index contributed by atoms with van der Waals surface area (Å²) in [5.74, 6) is -0.442. The van der Waals surface area contributed by atoms with Gasteiger partial charge in [-0.15, -0.1) is 0 Å². The van der Waals surface area contributed by atoms with Gasteiger partial charge in [0, 0.05) is 17.1 Å². The number of rotatable bonds is 5. The molecule has 6 heteroatoms. The van der Waals surface area contributed by atoms with E-state index in [1.54, 1.807) is 18.3 Å². The number of anilines is 1. The predicted molar refractivity (Wildman–Crippen MR) is 99.5 cm³/mol. The summed E-state index contributed by atoms with van der Waals surface area (Å²) in [7, 11) is 1.53. The maximum absolute atomic E-state index is 12.4. The minimum absolute atomic E-state index is 0.397. The summed E-state index contributed by atoms with van der Waals surface area (Å²) in [5.41, 5.74) is 2.74. The first kappa shape index (κ1) is 17.5. The van der Waals surface area contributed by atoms with Crippen LogP contribution in [0.1, 0.15) is 22.8 Å². The molecule has 0 aliphatic heterocycles. The Morgan fingerprint density at radius 2 is 1.92 bits per heavy atom. The molecule has 3 aromatic rings. The van der Waals surface area contributed by atoms with Crippen molar-refractivity contribution in [3.8, 4) is 5.75 Å². The normalized spacial score (nSPS) is 11.8.